The molecular weight excluding hydrogens is 200 g/mol. The maximum atomic E-state index is 11.7. The van der Waals surface area contributed by atoms with Crippen LogP contribution in [0.25, 0.3) is 0 Å². The van der Waals surface area contributed by atoms with Crippen molar-refractivity contribution in [2.24, 2.45) is 17.6 Å². The fraction of sp³-hybridized carbons (Fsp3) is 0.923. The van der Waals surface area contributed by atoms with E-state index in [-0.39, 0.29) is 5.91 Å². The highest BCUT2D eigenvalue weighted by Gasteiger charge is 2.21. The van der Waals surface area contributed by atoms with Gasteiger partial charge in [-0.2, -0.15) is 0 Å². The number of hydrogen-bond donors (Lipinski definition) is 2. The Balaban J connectivity index is 2.20. The number of nitrogens with two attached hydrogens (primary N) is 1. The normalized spacial score (nSPS) is 27.4. The monoisotopic (exact) mass is 226 g/mol. The van der Waals surface area contributed by atoms with Crippen molar-refractivity contribution in [2.75, 3.05) is 6.54 Å². The molecule has 3 nitrogen and oxygen atoms in total. The summed E-state index contributed by atoms with van der Waals surface area (Å²) in [5.41, 5.74) is 5.51. The summed E-state index contributed by atoms with van der Waals surface area (Å²) in [6.45, 7) is 4.87. The van der Waals surface area contributed by atoms with Crippen LogP contribution in [-0.2, 0) is 4.79 Å². The molecule has 0 heterocycles. The van der Waals surface area contributed by atoms with Crippen molar-refractivity contribution in [1.82, 2.24) is 5.32 Å². The van der Waals surface area contributed by atoms with Gasteiger partial charge in [0.1, 0.15) is 0 Å². The first kappa shape index (κ1) is 13.5. The van der Waals surface area contributed by atoms with E-state index in [2.05, 4.69) is 12.2 Å². The van der Waals surface area contributed by atoms with E-state index in [1.165, 1.54) is 19.3 Å². The van der Waals surface area contributed by atoms with Crippen LogP contribution in [0.2, 0.25) is 0 Å². The lowest BCUT2D eigenvalue weighted by Crippen LogP contribution is -2.38. The van der Waals surface area contributed by atoms with E-state index >= 15 is 0 Å². The van der Waals surface area contributed by atoms with Gasteiger partial charge in [-0.15, -0.1) is 0 Å². The molecule has 1 rings (SSSR count). The second-order valence-electron chi connectivity index (χ2n) is 5.24. The van der Waals surface area contributed by atoms with Gasteiger partial charge >= 0.3 is 0 Å². The summed E-state index contributed by atoms with van der Waals surface area (Å²) in [4.78, 5) is 11.7. The first-order valence-corrected chi connectivity index (χ1v) is 6.65. The molecule has 1 aliphatic rings. The number of carbonyl (C=O) groups is 1. The van der Waals surface area contributed by atoms with Crippen molar-refractivity contribution in [1.29, 1.82) is 0 Å². The van der Waals surface area contributed by atoms with Crippen LogP contribution in [0.1, 0.15) is 52.4 Å². The first-order valence-electron chi connectivity index (χ1n) is 6.65. The van der Waals surface area contributed by atoms with Crippen molar-refractivity contribution in [2.45, 2.75) is 58.4 Å². The molecule has 1 unspecified atom stereocenters. The SMILES string of the molecule is CCC1CCC(NC(=O)CC(C)CN)CC1. The number of amides is 1. The van der Waals surface area contributed by atoms with Crippen LogP contribution in [-0.4, -0.2) is 18.5 Å². The Labute approximate surface area is 99.2 Å². The highest BCUT2D eigenvalue weighted by atomic mass is 16.1. The lowest BCUT2D eigenvalue weighted by Gasteiger charge is -2.28. The number of carbonyl (C=O) groups excluding carboxylic acids is 1. The van der Waals surface area contributed by atoms with Gasteiger partial charge in [0.2, 0.25) is 5.91 Å². The molecule has 1 saturated carbocycles. The standard InChI is InChI=1S/C13H26N2O/c1-3-11-4-6-12(7-5-11)15-13(16)8-10(2)9-14/h10-12H,3-9,14H2,1-2H3,(H,15,16). The minimum Gasteiger partial charge on any atom is -0.353 e. The van der Waals surface area contributed by atoms with Gasteiger partial charge in [0.25, 0.3) is 0 Å². The Hall–Kier alpha value is -0.570. The summed E-state index contributed by atoms with van der Waals surface area (Å²) in [6, 6.07) is 0.417. The van der Waals surface area contributed by atoms with Crippen LogP contribution in [0, 0.1) is 11.8 Å². The van der Waals surface area contributed by atoms with Crippen molar-refractivity contribution in [3.8, 4) is 0 Å². The topological polar surface area (TPSA) is 55.1 Å². The van der Waals surface area contributed by atoms with E-state index in [9.17, 15) is 4.79 Å². The minimum absolute atomic E-state index is 0.179. The lowest BCUT2D eigenvalue weighted by molar-refractivity contribution is -0.122. The molecule has 1 aliphatic carbocycles. The van der Waals surface area contributed by atoms with E-state index in [0.717, 1.165) is 18.8 Å². The zero-order chi connectivity index (χ0) is 12.0. The van der Waals surface area contributed by atoms with Crippen LogP contribution in [0.15, 0.2) is 0 Å². The number of rotatable bonds is 5. The molecule has 3 N–H and O–H groups in total. The third-order valence-corrected chi connectivity index (χ3v) is 3.73. The Morgan fingerprint density at radius 3 is 2.50 bits per heavy atom. The molecule has 1 atom stereocenters. The summed E-state index contributed by atoms with van der Waals surface area (Å²) in [6.07, 6.45) is 6.71. The lowest BCUT2D eigenvalue weighted by atomic mass is 9.84. The summed E-state index contributed by atoms with van der Waals surface area (Å²) in [7, 11) is 0. The second-order valence-corrected chi connectivity index (χ2v) is 5.24. The zero-order valence-electron chi connectivity index (χ0n) is 10.7. The highest BCUT2D eigenvalue weighted by molar-refractivity contribution is 5.76. The summed E-state index contributed by atoms with van der Waals surface area (Å²) in [5.74, 6) is 1.36. The average molecular weight is 226 g/mol. The molecule has 3 heteroatoms. The number of nitrogens with one attached hydrogen (secondary N) is 1. The molecule has 94 valence electrons. The van der Waals surface area contributed by atoms with Gasteiger partial charge in [0.15, 0.2) is 0 Å². The van der Waals surface area contributed by atoms with Gasteiger partial charge in [-0.1, -0.05) is 20.3 Å². The van der Waals surface area contributed by atoms with Crippen LogP contribution in [0.3, 0.4) is 0 Å². The average Bonchev–Trinajstić information content (AvgIpc) is 2.29. The second kappa shape index (κ2) is 6.89. The molecule has 0 aromatic carbocycles. The van der Waals surface area contributed by atoms with Gasteiger partial charge in [0.05, 0.1) is 0 Å². The van der Waals surface area contributed by atoms with Gasteiger partial charge in [-0.25, -0.2) is 0 Å². The minimum atomic E-state index is 0.179. The Morgan fingerprint density at radius 2 is 2.00 bits per heavy atom. The van der Waals surface area contributed by atoms with Gasteiger partial charge < -0.3 is 11.1 Å². The van der Waals surface area contributed by atoms with Crippen molar-refractivity contribution in [3.05, 3.63) is 0 Å². The zero-order valence-corrected chi connectivity index (χ0v) is 10.7. The molecular formula is C13H26N2O. The Bertz CT molecular complexity index is 210. The summed E-state index contributed by atoms with van der Waals surface area (Å²) < 4.78 is 0. The fourth-order valence-corrected chi connectivity index (χ4v) is 2.40. The molecule has 1 amide bonds. The first-order chi connectivity index (χ1) is 7.65. The molecule has 0 saturated heterocycles. The molecule has 16 heavy (non-hydrogen) atoms. The van der Waals surface area contributed by atoms with E-state index < -0.39 is 0 Å². The van der Waals surface area contributed by atoms with E-state index in [1.807, 2.05) is 6.92 Å². The highest BCUT2D eigenvalue weighted by Crippen LogP contribution is 2.26. The number of hydrogen-bond acceptors (Lipinski definition) is 2. The Morgan fingerprint density at radius 1 is 1.38 bits per heavy atom. The molecule has 0 radical (unpaired) electrons. The predicted octanol–water partition coefficient (Wildman–Crippen LogP) is 2.06. The molecule has 0 aromatic heterocycles. The quantitative estimate of drug-likeness (QED) is 0.754. The van der Waals surface area contributed by atoms with Crippen molar-refractivity contribution < 1.29 is 4.79 Å². The smallest absolute Gasteiger partial charge is 0.220 e. The third kappa shape index (κ3) is 4.52. The maximum absolute atomic E-state index is 11.7. The summed E-state index contributed by atoms with van der Waals surface area (Å²) in [5, 5.41) is 3.13. The summed E-state index contributed by atoms with van der Waals surface area (Å²) >= 11 is 0. The van der Waals surface area contributed by atoms with Crippen LogP contribution < -0.4 is 11.1 Å². The predicted molar refractivity (Wildman–Crippen MR) is 67.0 cm³/mol. The molecule has 0 aliphatic heterocycles. The fourth-order valence-electron chi connectivity index (χ4n) is 2.40. The van der Waals surface area contributed by atoms with Crippen molar-refractivity contribution >= 4 is 5.91 Å². The van der Waals surface area contributed by atoms with E-state index in [4.69, 9.17) is 5.73 Å². The largest absolute Gasteiger partial charge is 0.353 e. The van der Waals surface area contributed by atoms with E-state index in [1.54, 1.807) is 0 Å². The van der Waals surface area contributed by atoms with Crippen LogP contribution in [0.5, 0.6) is 0 Å². The van der Waals surface area contributed by atoms with Gasteiger partial charge in [-0.3, -0.25) is 4.79 Å². The Kier molecular flexibility index (Phi) is 5.81. The van der Waals surface area contributed by atoms with Crippen LogP contribution in [0.4, 0.5) is 0 Å². The molecule has 1 fully saturated rings. The molecule has 0 spiro atoms. The third-order valence-electron chi connectivity index (χ3n) is 3.73. The van der Waals surface area contributed by atoms with Gasteiger partial charge in [-0.05, 0) is 44.1 Å². The maximum Gasteiger partial charge on any atom is 0.220 e. The van der Waals surface area contributed by atoms with Crippen LogP contribution >= 0.6 is 0 Å². The molecule has 0 aromatic rings. The molecule has 0 bridgehead atoms. The van der Waals surface area contributed by atoms with E-state index in [0.29, 0.717) is 24.9 Å². The van der Waals surface area contributed by atoms with Gasteiger partial charge in [0, 0.05) is 12.5 Å². The van der Waals surface area contributed by atoms with Crippen molar-refractivity contribution in [3.63, 3.8) is 0 Å².